The number of ether oxygens (including phenoxy) is 1. The maximum Gasteiger partial charge on any atom is 0.119 e. The zero-order valence-electron chi connectivity index (χ0n) is 11.6. The summed E-state index contributed by atoms with van der Waals surface area (Å²) in [6.45, 7) is 8.67. The van der Waals surface area contributed by atoms with Gasteiger partial charge in [0.25, 0.3) is 0 Å². The Kier molecular flexibility index (Phi) is 6.47. The second-order valence-corrected chi connectivity index (χ2v) is 4.56. The number of rotatable bonds is 8. The topological polar surface area (TPSA) is 24.5 Å². The maximum atomic E-state index is 5.23. The van der Waals surface area contributed by atoms with E-state index in [4.69, 9.17) is 4.74 Å². The lowest BCUT2D eigenvalue weighted by Crippen LogP contribution is -2.37. The highest BCUT2D eigenvalue weighted by atomic mass is 16.5. The first-order valence-corrected chi connectivity index (χ1v) is 6.32. The average Bonchev–Trinajstić information content (AvgIpc) is 2.39. The fourth-order valence-electron chi connectivity index (χ4n) is 1.76. The van der Waals surface area contributed by atoms with Gasteiger partial charge in [-0.1, -0.05) is 18.2 Å². The van der Waals surface area contributed by atoms with Crippen molar-refractivity contribution in [3.8, 4) is 5.75 Å². The molecule has 0 saturated carbocycles. The third-order valence-electron chi connectivity index (χ3n) is 3.05. The molecule has 0 fully saturated rings. The van der Waals surface area contributed by atoms with Crippen LogP contribution in [-0.2, 0) is 6.54 Å². The van der Waals surface area contributed by atoms with E-state index in [1.54, 1.807) is 7.11 Å². The molecule has 3 heteroatoms. The number of methoxy groups -OCH3 is 1. The molecule has 3 nitrogen and oxygen atoms in total. The Hall–Kier alpha value is -1.32. The van der Waals surface area contributed by atoms with Crippen molar-refractivity contribution in [1.82, 2.24) is 10.2 Å². The molecular weight excluding hydrogens is 224 g/mol. The van der Waals surface area contributed by atoms with Crippen LogP contribution in [0, 0.1) is 0 Å². The van der Waals surface area contributed by atoms with Crippen LogP contribution in [-0.4, -0.2) is 38.2 Å². The second-order valence-electron chi connectivity index (χ2n) is 4.56. The zero-order valence-corrected chi connectivity index (χ0v) is 11.6. The predicted molar refractivity (Wildman–Crippen MR) is 77.0 cm³/mol. The van der Waals surface area contributed by atoms with Crippen molar-refractivity contribution in [3.63, 3.8) is 0 Å². The monoisotopic (exact) mass is 248 g/mol. The van der Waals surface area contributed by atoms with E-state index in [0.29, 0.717) is 6.04 Å². The van der Waals surface area contributed by atoms with Gasteiger partial charge in [-0.05, 0) is 31.7 Å². The van der Waals surface area contributed by atoms with Crippen LogP contribution in [0.2, 0.25) is 0 Å². The van der Waals surface area contributed by atoms with Gasteiger partial charge in [0, 0.05) is 25.7 Å². The summed E-state index contributed by atoms with van der Waals surface area (Å²) in [5.41, 5.74) is 1.27. The van der Waals surface area contributed by atoms with Crippen LogP contribution < -0.4 is 10.1 Å². The third kappa shape index (κ3) is 4.90. The van der Waals surface area contributed by atoms with Gasteiger partial charge in [0.2, 0.25) is 0 Å². The van der Waals surface area contributed by atoms with Crippen LogP contribution in [0.25, 0.3) is 0 Å². The van der Waals surface area contributed by atoms with Crippen molar-refractivity contribution >= 4 is 0 Å². The Labute approximate surface area is 110 Å². The number of likely N-dealkylation sites (N-methyl/N-ethyl adjacent to an activating group) is 1. The molecule has 0 saturated heterocycles. The Morgan fingerprint density at radius 3 is 2.94 bits per heavy atom. The van der Waals surface area contributed by atoms with E-state index in [0.717, 1.165) is 25.4 Å². The van der Waals surface area contributed by atoms with E-state index in [2.05, 4.69) is 42.9 Å². The minimum absolute atomic E-state index is 0.483. The van der Waals surface area contributed by atoms with Gasteiger partial charge in [-0.15, -0.1) is 6.58 Å². The molecule has 18 heavy (non-hydrogen) atoms. The van der Waals surface area contributed by atoms with Crippen LogP contribution in [0.3, 0.4) is 0 Å². The molecule has 0 aliphatic carbocycles. The van der Waals surface area contributed by atoms with Crippen LogP contribution in [0.5, 0.6) is 5.75 Å². The molecule has 0 bridgehead atoms. The SMILES string of the molecule is C=CCNCC(C)N(C)Cc1cccc(OC)c1. The minimum atomic E-state index is 0.483. The van der Waals surface area contributed by atoms with Gasteiger partial charge >= 0.3 is 0 Å². The maximum absolute atomic E-state index is 5.23. The molecule has 1 aromatic rings. The van der Waals surface area contributed by atoms with Gasteiger partial charge in [-0.2, -0.15) is 0 Å². The largest absolute Gasteiger partial charge is 0.497 e. The van der Waals surface area contributed by atoms with E-state index < -0.39 is 0 Å². The Balaban J connectivity index is 2.46. The summed E-state index contributed by atoms with van der Waals surface area (Å²) in [6.07, 6.45) is 1.88. The number of hydrogen-bond acceptors (Lipinski definition) is 3. The van der Waals surface area contributed by atoms with Gasteiger partial charge < -0.3 is 10.1 Å². The van der Waals surface area contributed by atoms with Crippen LogP contribution >= 0.6 is 0 Å². The second kappa shape index (κ2) is 7.90. The lowest BCUT2D eigenvalue weighted by Gasteiger charge is -2.25. The quantitative estimate of drug-likeness (QED) is 0.564. The standard InChI is InChI=1S/C15H24N2O/c1-5-9-16-11-13(2)17(3)12-14-7-6-8-15(10-14)18-4/h5-8,10,13,16H,1,9,11-12H2,2-4H3. The fraction of sp³-hybridized carbons (Fsp3) is 0.467. The van der Waals surface area contributed by atoms with Crippen molar-refractivity contribution in [2.24, 2.45) is 0 Å². The van der Waals surface area contributed by atoms with Crippen LogP contribution in [0.1, 0.15) is 12.5 Å². The van der Waals surface area contributed by atoms with Gasteiger partial charge in [-0.3, -0.25) is 4.90 Å². The van der Waals surface area contributed by atoms with E-state index in [9.17, 15) is 0 Å². The summed E-state index contributed by atoms with van der Waals surface area (Å²) in [7, 11) is 3.84. The van der Waals surface area contributed by atoms with E-state index in [1.165, 1.54) is 5.56 Å². The van der Waals surface area contributed by atoms with E-state index >= 15 is 0 Å². The molecule has 0 spiro atoms. The Bertz CT molecular complexity index is 365. The highest BCUT2D eigenvalue weighted by Gasteiger charge is 2.09. The summed E-state index contributed by atoms with van der Waals surface area (Å²) in [5.74, 6) is 0.915. The van der Waals surface area contributed by atoms with Crippen molar-refractivity contribution in [2.45, 2.75) is 19.5 Å². The molecule has 1 N–H and O–H groups in total. The molecule has 1 atom stereocenters. The molecule has 0 aromatic heterocycles. The molecule has 1 rings (SSSR count). The summed E-state index contributed by atoms with van der Waals surface area (Å²) < 4.78 is 5.23. The predicted octanol–water partition coefficient (Wildman–Crippen LogP) is 2.29. The fourth-order valence-corrected chi connectivity index (χ4v) is 1.76. The molecule has 0 amide bonds. The first-order valence-electron chi connectivity index (χ1n) is 6.32. The van der Waals surface area contributed by atoms with E-state index in [-0.39, 0.29) is 0 Å². The molecule has 0 aliphatic heterocycles. The third-order valence-corrected chi connectivity index (χ3v) is 3.05. The first-order chi connectivity index (χ1) is 8.67. The molecule has 1 aromatic carbocycles. The summed E-state index contributed by atoms with van der Waals surface area (Å²) in [6, 6.07) is 8.70. The van der Waals surface area contributed by atoms with Gasteiger partial charge in [0.05, 0.1) is 7.11 Å². The highest BCUT2D eigenvalue weighted by molar-refractivity contribution is 5.28. The molecular formula is C15H24N2O. The van der Waals surface area contributed by atoms with Gasteiger partial charge in [0.15, 0.2) is 0 Å². The Morgan fingerprint density at radius 2 is 2.28 bits per heavy atom. The molecule has 0 heterocycles. The average molecular weight is 248 g/mol. The normalized spacial score (nSPS) is 12.4. The molecule has 0 radical (unpaired) electrons. The first kappa shape index (κ1) is 14.7. The lowest BCUT2D eigenvalue weighted by molar-refractivity contribution is 0.244. The summed E-state index contributed by atoms with van der Waals surface area (Å²) >= 11 is 0. The number of hydrogen-bond donors (Lipinski definition) is 1. The summed E-state index contributed by atoms with van der Waals surface area (Å²) in [4.78, 5) is 2.32. The van der Waals surface area contributed by atoms with E-state index in [1.807, 2.05) is 18.2 Å². The summed E-state index contributed by atoms with van der Waals surface area (Å²) in [5, 5.41) is 3.34. The van der Waals surface area contributed by atoms with Crippen molar-refractivity contribution < 1.29 is 4.74 Å². The van der Waals surface area contributed by atoms with Gasteiger partial charge in [-0.25, -0.2) is 0 Å². The lowest BCUT2D eigenvalue weighted by atomic mass is 10.2. The zero-order chi connectivity index (χ0) is 13.4. The Morgan fingerprint density at radius 1 is 1.50 bits per heavy atom. The van der Waals surface area contributed by atoms with Crippen molar-refractivity contribution in [3.05, 3.63) is 42.5 Å². The van der Waals surface area contributed by atoms with Crippen LogP contribution in [0.4, 0.5) is 0 Å². The molecule has 100 valence electrons. The minimum Gasteiger partial charge on any atom is -0.497 e. The van der Waals surface area contributed by atoms with Crippen LogP contribution in [0.15, 0.2) is 36.9 Å². The smallest absolute Gasteiger partial charge is 0.119 e. The van der Waals surface area contributed by atoms with Gasteiger partial charge in [0.1, 0.15) is 5.75 Å². The van der Waals surface area contributed by atoms with Crippen molar-refractivity contribution in [2.75, 3.05) is 27.2 Å². The number of nitrogens with zero attached hydrogens (tertiary/aromatic N) is 1. The molecule has 1 unspecified atom stereocenters. The highest BCUT2D eigenvalue weighted by Crippen LogP contribution is 2.14. The number of benzene rings is 1. The van der Waals surface area contributed by atoms with Crippen molar-refractivity contribution in [1.29, 1.82) is 0 Å². The molecule has 0 aliphatic rings. The number of nitrogens with one attached hydrogen (secondary N) is 1.